The highest BCUT2D eigenvalue weighted by molar-refractivity contribution is 7.80. The summed E-state index contributed by atoms with van der Waals surface area (Å²) in [6.45, 7) is 8.53. The topological polar surface area (TPSA) is 42.2 Å². The SMILES string of the molecule is CCC(C)(C)N(C)c1nccc(C)c1C(N)=S. The molecule has 4 heteroatoms. The van der Waals surface area contributed by atoms with E-state index >= 15 is 0 Å². The number of anilines is 1. The number of aryl methyl sites for hydroxylation is 1. The van der Waals surface area contributed by atoms with Crippen LogP contribution in [-0.4, -0.2) is 22.6 Å². The average Bonchev–Trinajstić information content (AvgIpc) is 2.27. The van der Waals surface area contributed by atoms with Crippen LogP contribution in [0.15, 0.2) is 12.3 Å². The molecule has 1 aromatic rings. The number of nitrogens with two attached hydrogens (primary N) is 1. The Morgan fingerprint density at radius 2 is 2.12 bits per heavy atom. The Bertz CT molecular complexity index is 427. The van der Waals surface area contributed by atoms with Gasteiger partial charge in [0.2, 0.25) is 0 Å². The molecule has 3 nitrogen and oxygen atoms in total. The number of aromatic nitrogens is 1. The summed E-state index contributed by atoms with van der Waals surface area (Å²) in [6, 6.07) is 1.94. The predicted octanol–water partition coefficient (Wildman–Crippen LogP) is 2.65. The second-order valence-corrected chi connectivity index (χ2v) is 5.36. The Morgan fingerprint density at radius 1 is 1.53 bits per heavy atom. The van der Waals surface area contributed by atoms with Gasteiger partial charge in [0.15, 0.2) is 0 Å². The number of hydrogen-bond acceptors (Lipinski definition) is 3. The summed E-state index contributed by atoms with van der Waals surface area (Å²) >= 11 is 5.13. The molecule has 0 aromatic carbocycles. The van der Waals surface area contributed by atoms with Crippen LogP contribution in [0.3, 0.4) is 0 Å². The third kappa shape index (κ3) is 2.75. The first-order chi connectivity index (χ1) is 7.81. The molecular formula is C13H21N3S. The molecule has 94 valence electrons. The van der Waals surface area contributed by atoms with Crippen LogP contribution in [-0.2, 0) is 0 Å². The summed E-state index contributed by atoms with van der Waals surface area (Å²) in [5, 5.41) is 0. The minimum Gasteiger partial charge on any atom is -0.389 e. The highest BCUT2D eigenvalue weighted by Gasteiger charge is 2.25. The van der Waals surface area contributed by atoms with Crippen molar-refractivity contribution in [3.63, 3.8) is 0 Å². The lowest BCUT2D eigenvalue weighted by atomic mass is 9.98. The van der Waals surface area contributed by atoms with Gasteiger partial charge in [0.05, 0.1) is 5.56 Å². The molecule has 17 heavy (non-hydrogen) atoms. The fourth-order valence-corrected chi connectivity index (χ4v) is 1.88. The van der Waals surface area contributed by atoms with Crippen LogP contribution in [0.25, 0.3) is 0 Å². The summed E-state index contributed by atoms with van der Waals surface area (Å²) in [7, 11) is 2.03. The Morgan fingerprint density at radius 3 is 2.59 bits per heavy atom. The van der Waals surface area contributed by atoms with Crippen LogP contribution in [0, 0.1) is 6.92 Å². The Hall–Kier alpha value is -1.16. The first-order valence-electron chi connectivity index (χ1n) is 5.80. The molecule has 2 N–H and O–H groups in total. The number of nitrogens with zero attached hydrogens (tertiary/aromatic N) is 2. The number of rotatable bonds is 4. The van der Waals surface area contributed by atoms with Crippen LogP contribution >= 0.6 is 12.2 Å². The molecule has 0 bridgehead atoms. The summed E-state index contributed by atoms with van der Waals surface area (Å²) in [4.78, 5) is 6.99. The first kappa shape index (κ1) is 13.9. The molecule has 0 unspecified atom stereocenters. The van der Waals surface area contributed by atoms with Gasteiger partial charge in [-0.05, 0) is 38.8 Å². The second-order valence-electron chi connectivity index (χ2n) is 4.92. The van der Waals surface area contributed by atoms with Crippen LogP contribution in [0.4, 0.5) is 5.82 Å². The van der Waals surface area contributed by atoms with Crippen molar-refractivity contribution in [2.45, 2.75) is 39.7 Å². The maximum Gasteiger partial charge on any atom is 0.139 e. The second kappa shape index (κ2) is 5.00. The van der Waals surface area contributed by atoms with Crippen molar-refractivity contribution in [2.75, 3.05) is 11.9 Å². The molecule has 0 aliphatic rings. The largest absolute Gasteiger partial charge is 0.389 e. The molecule has 1 aromatic heterocycles. The van der Waals surface area contributed by atoms with Crippen molar-refractivity contribution in [1.29, 1.82) is 0 Å². The van der Waals surface area contributed by atoms with Gasteiger partial charge < -0.3 is 10.6 Å². The molecule has 0 saturated heterocycles. The lowest BCUT2D eigenvalue weighted by Gasteiger charge is -2.37. The average molecular weight is 251 g/mol. The summed E-state index contributed by atoms with van der Waals surface area (Å²) in [5.74, 6) is 0.865. The zero-order valence-electron chi connectivity index (χ0n) is 11.2. The van der Waals surface area contributed by atoms with E-state index in [1.54, 1.807) is 6.20 Å². The Balaban J connectivity index is 3.32. The van der Waals surface area contributed by atoms with E-state index in [1.165, 1.54) is 0 Å². The fourth-order valence-electron chi connectivity index (χ4n) is 1.63. The highest BCUT2D eigenvalue weighted by atomic mass is 32.1. The molecule has 0 amide bonds. The third-order valence-electron chi connectivity index (χ3n) is 3.48. The van der Waals surface area contributed by atoms with Crippen molar-refractivity contribution in [1.82, 2.24) is 4.98 Å². The van der Waals surface area contributed by atoms with Crippen LogP contribution in [0.1, 0.15) is 38.3 Å². The molecule has 0 radical (unpaired) electrons. The van der Waals surface area contributed by atoms with Gasteiger partial charge in [0.25, 0.3) is 0 Å². The number of thiocarbonyl (C=S) groups is 1. The van der Waals surface area contributed by atoms with Crippen LogP contribution in [0.2, 0.25) is 0 Å². The zero-order valence-corrected chi connectivity index (χ0v) is 12.1. The first-order valence-corrected chi connectivity index (χ1v) is 6.21. The van der Waals surface area contributed by atoms with Gasteiger partial charge in [-0.1, -0.05) is 19.1 Å². The van der Waals surface area contributed by atoms with Gasteiger partial charge in [-0.3, -0.25) is 0 Å². The minimum absolute atomic E-state index is 0.0281. The van der Waals surface area contributed by atoms with Crippen molar-refractivity contribution in [3.8, 4) is 0 Å². The van der Waals surface area contributed by atoms with Gasteiger partial charge in [-0.2, -0.15) is 0 Å². The van der Waals surface area contributed by atoms with Crippen molar-refractivity contribution in [3.05, 3.63) is 23.4 Å². The lowest BCUT2D eigenvalue weighted by Crippen LogP contribution is -2.42. The van der Waals surface area contributed by atoms with E-state index in [0.29, 0.717) is 4.99 Å². The minimum atomic E-state index is 0.0281. The van der Waals surface area contributed by atoms with Gasteiger partial charge in [-0.25, -0.2) is 4.98 Å². The normalized spacial score (nSPS) is 11.4. The fraction of sp³-hybridized carbons (Fsp3) is 0.538. The van der Waals surface area contributed by atoms with E-state index in [2.05, 4.69) is 30.7 Å². The molecule has 0 aliphatic heterocycles. The van der Waals surface area contributed by atoms with E-state index in [9.17, 15) is 0 Å². The third-order valence-corrected chi connectivity index (χ3v) is 3.68. The Labute approximate surface area is 109 Å². The molecule has 1 rings (SSSR count). The molecule has 0 spiro atoms. The van der Waals surface area contributed by atoms with E-state index in [4.69, 9.17) is 18.0 Å². The van der Waals surface area contributed by atoms with Crippen molar-refractivity contribution in [2.24, 2.45) is 5.73 Å². The van der Waals surface area contributed by atoms with Crippen LogP contribution in [0.5, 0.6) is 0 Å². The quantitative estimate of drug-likeness (QED) is 0.835. The van der Waals surface area contributed by atoms with E-state index in [0.717, 1.165) is 23.4 Å². The molecule has 1 heterocycles. The molecular weight excluding hydrogens is 230 g/mol. The summed E-state index contributed by atoms with van der Waals surface area (Å²) < 4.78 is 0. The number of hydrogen-bond donors (Lipinski definition) is 1. The Kier molecular flexibility index (Phi) is 4.09. The van der Waals surface area contributed by atoms with Crippen molar-refractivity contribution < 1.29 is 0 Å². The van der Waals surface area contributed by atoms with E-state index < -0.39 is 0 Å². The van der Waals surface area contributed by atoms with E-state index in [-0.39, 0.29) is 5.54 Å². The van der Waals surface area contributed by atoms with E-state index in [1.807, 2.05) is 20.0 Å². The lowest BCUT2D eigenvalue weighted by molar-refractivity contribution is 0.467. The molecule has 0 fully saturated rings. The maximum atomic E-state index is 5.80. The summed E-state index contributed by atoms with van der Waals surface area (Å²) in [5.41, 5.74) is 7.78. The van der Waals surface area contributed by atoms with Gasteiger partial charge in [0, 0.05) is 18.8 Å². The summed E-state index contributed by atoms with van der Waals surface area (Å²) in [6.07, 6.45) is 2.82. The van der Waals surface area contributed by atoms with Gasteiger partial charge in [-0.15, -0.1) is 0 Å². The standard InChI is InChI=1S/C13H21N3S/c1-6-13(3,4)16(5)12-10(11(14)17)9(2)7-8-15-12/h7-8H,6H2,1-5H3,(H2,14,17). The molecule has 0 atom stereocenters. The smallest absolute Gasteiger partial charge is 0.139 e. The molecule has 0 aliphatic carbocycles. The predicted molar refractivity (Wildman–Crippen MR) is 77.6 cm³/mol. The van der Waals surface area contributed by atoms with Crippen LogP contribution < -0.4 is 10.6 Å². The number of pyridine rings is 1. The van der Waals surface area contributed by atoms with Gasteiger partial charge >= 0.3 is 0 Å². The van der Waals surface area contributed by atoms with Crippen molar-refractivity contribution >= 4 is 23.0 Å². The zero-order chi connectivity index (χ0) is 13.2. The molecule has 0 saturated carbocycles. The monoisotopic (exact) mass is 251 g/mol. The van der Waals surface area contributed by atoms with Gasteiger partial charge in [0.1, 0.15) is 10.8 Å². The maximum absolute atomic E-state index is 5.80. The highest BCUT2D eigenvalue weighted by Crippen LogP contribution is 2.27.